The Balaban J connectivity index is 3.68. The lowest BCUT2D eigenvalue weighted by Gasteiger charge is -2.42. The van der Waals surface area contributed by atoms with E-state index < -0.39 is 67.0 Å². The van der Waals surface area contributed by atoms with Crippen molar-refractivity contribution in [1.29, 1.82) is 0 Å². The van der Waals surface area contributed by atoms with Crippen molar-refractivity contribution < 1.29 is 80.1 Å². The molecule has 0 bridgehead atoms. The summed E-state index contributed by atoms with van der Waals surface area (Å²) in [6.45, 7) is -2.02. The highest BCUT2D eigenvalue weighted by Gasteiger charge is 2.95. The molecule has 2 unspecified atom stereocenters. The van der Waals surface area contributed by atoms with E-state index >= 15 is 0 Å². The lowest BCUT2D eigenvalue weighted by atomic mass is 9.83. The molecule has 1 aliphatic heterocycles. The van der Waals surface area contributed by atoms with E-state index in [4.69, 9.17) is 0 Å². The molecule has 3 nitrogen and oxygen atoms in total. The molecule has 1 aliphatic rings. The quantitative estimate of drug-likeness (QED) is 0.317. The Kier molecular flexibility index (Phi) is 5.87. The zero-order valence-corrected chi connectivity index (χ0v) is 12.9. The number of epoxide rings is 1. The van der Waals surface area contributed by atoms with E-state index in [1.54, 1.807) is 0 Å². The molecule has 1 heterocycles. The molecule has 0 aromatic carbocycles. The Hall–Kier alpha value is -1.62. The van der Waals surface area contributed by atoms with E-state index in [1.165, 1.54) is 0 Å². The lowest BCUT2D eigenvalue weighted by molar-refractivity contribution is -0.434. The SMILES string of the molecule is O=C(OCC1CO1)C(F)(C(F)(F)C(F)(F)F)C(F)(F)C(F)(F)C(F)(F)C(F)(F)F. The molecule has 0 saturated carbocycles. The van der Waals surface area contributed by atoms with Crippen molar-refractivity contribution in [3.8, 4) is 0 Å². The fraction of sp³-hybridized carbons (Fsp3) is 0.909. The minimum atomic E-state index is -8.31. The van der Waals surface area contributed by atoms with Gasteiger partial charge in [-0.25, -0.2) is 9.18 Å². The molecule has 1 saturated heterocycles. The van der Waals surface area contributed by atoms with Crippen LogP contribution in [-0.4, -0.2) is 67.0 Å². The second-order valence-electron chi connectivity index (χ2n) is 5.51. The Bertz CT molecular complexity index is 632. The molecule has 0 spiro atoms. The molecular formula is C11H5F15O3. The maximum atomic E-state index is 14.2. The largest absolute Gasteiger partial charge is 0.460 e. The first-order valence-electron chi connectivity index (χ1n) is 6.62. The van der Waals surface area contributed by atoms with Gasteiger partial charge in [0.25, 0.3) is 0 Å². The van der Waals surface area contributed by atoms with Crippen LogP contribution in [0.1, 0.15) is 0 Å². The number of carbonyl (C=O) groups is 1. The zero-order chi connectivity index (χ0) is 23.5. The first kappa shape index (κ1) is 25.4. The van der Waals surface area contributed by atoms with E-state index in [-0.39, 0.29) is 0 Å². The summed E-state index contributed by atoms with van der Waals surface area (Å²) < 4.78 is 201. The number of alkyl halides is 15. The number of hydrogen-bond donors (Lipinski definition) is 0. The molecule has 0 radical (unpaired) electrons. The minimum absolute atomic E-state index is 0.444. The number of carbonyl (C=O) groups excluding carboxylic acids is 1. The van der Waals surface area contributed by atoms with Gasteiger partial charge in [-0.2, -0.15) is 61.5 Å². The molecule has 0 N–H and O–H groups in total. The third kappa shape index (κ3) is 3.56. The normalized spacial score (nSPS) is 21.6. The monoisotopic (exact) mass is 470 g/mol. The van der Waals surface area contributed by atoms with Crippen LogP contribution in [0, 0.1) is 0 Å². The fourth-order valence-corrected chi connectivity index (χ4v) is 1.67. The molecule has 172 valence electrons. The number of halogens is 15. The fourth-order valence-electron chi connectivity index (χ4n) is 1.67. The molecule has 18 heteroatoms. The molecule has 0 amide bonds. The molecule has 0 aromatic heterocycles. The van der Waals surface area contributed by atoms with Gasteiger partial charge in [0.05, 0.1) is 6.61 Å². The predicted octanol–water partition coefficient (Wildman–Crippen LogP) is 4.30. The van der Waals surface area contributed by atoms with Crippen LogP contribution in [0.25, 0.3) is 0 Å². The molecule has 0 aromatic rings. The molecule has 0 aliphatic carbocycles. The van der Waals surface area contributed by atoms with E-state index in [0.29, 0.717) is 0 Å². The van der Waals surface area contributed by atoms with E-state index in [9.17, 15) is 70.7 Å². The van der Waals surface area contributed by atoms with Gasteiger partial charge in [-0.05, 0) is 0 Å². The highest BCUT2D eigenvalue weighted by Crippen LogP contribution is 2.62. The van der Waals surface area contributed by atoms with Gasteiger partial charge in [-0.3, -0.25) is 0 Å². The Morgan fingerprint density at radius 3 is 1.38 bits per heavy atom. The maximum Gasteiger partial charge on any atom is 0.460 e. The standard InChI is InChI=1S/C11H5F15O3/c12-5(7(15,16)10(21,22)23,4(27)29-2-3-1-28-3)6(13,14)8(17,18)9(19,20)11(24,25)26/h3H,1-2H2. The topological polar surface area (TPSA) is 38.8 Å². The average molecular weight is 470 g/mol. The Morgan fingerprint density at radius 2 is 1.07 bits per heavy atom. The molecular weight excluding hydrogens is 465 g/mol. The van der Waals surface area contributed by atoms with Gasteiger partial charge >= 0.3 is 47.7 Å². The van der Waals surface area contributed by atoms with Crippen molar-refractivity contribution in [2.24, 2.45) is 0 Å². The van der Waals surface area contributed by atoms with Gasteiger partial charge in [-0.15, -0.1) is 0 Å². The van der Waals surface area contributed by atoms with Crippen molar-refractivity contribution in [1.82, 2.24) is 0 Å². The summed E-state index contributed by atoms with van der Waals surface area (Å²) in [5.41, 5.74) is -7.73. The second kappa shape index (κ2) is 6.69. The van der Waals surface area contributed by atoms with Crippen LogP contribution in [0.4, 0.5) is 65.9 Å². The van der Waals surface area contributed by atoms with Crippen molar-refractivity contribution in [3.05, 3.63) is 0 Å². The van der Waals surface area contributed by atoms with Crippen molar-refractivity contribution in [2.45, 2.75) is 47.8 Å². The summed E-state index contributed by atoms with van der Waals surface area (Å²) in [4.78, 5) is 11.2. The molecule has 29 heavy (non-hydrogen) atoms. The minimum Gasteiger partial charge on any atom is -0.460 e. The van der Waals surface area contributed by atoms with E-state index in [1.807, 2.05) is 0 Å². The van der Waals surface area contributed by atoms with Crippen LogP contribution in [0.5, 0.6) is 0 Å². The number of rotatable bonds is 7. The smallest absolute Gasteiger partial charge is 0.460 e. The van der Waals surface area contributed by atoms with Gasteiger partial charge in [0.15, 0.2) is 0 Å². The highest BCUT2D eigenvalue weighted by atomic mass is 19.4. The van der Waals surface area contributed by atoms with Crippen molar-refractivity contribution in [3.63, 3.8) is 0 Å². The van der Waals surface area contributed by atoms with Gasteiger partial charge in [-0.1, -0.05) is 0 Å². The summed E-state index contributed by atoms with van der Waals surface area (Å²) >= 11 is 0. The van der Waals surface area contributed by atoms with Crippen molar-refractivity contribution in [2.75, 3.05) is 13.2 Å². The maximum absolute atomic E-state index is 14.2. The van der Waals surface area contributed by atoms with Crippen LogP contribution < -0.4 is 0 Å². The number of esters is 1. The number of hydrogen-bond acceptors (Lipinski definition) is 3. The third-order valence-electron chi connectivity index (χ3n) is 3.45. The Morgan fingerprint density at radius 1 is 0.690 bits per heavy atom. The first-order valence-corrected chi connectivity index (χ1v) is 6.62. The second-order valence-corrected chi connectivity index (χ2v) is 5.51. The number of ether oxygens (including phenoxy) is 2. The van der Waals surface area contributed by atoms with E-state index in [0.717, 1.165) is 0 Å². The van der Waals surface area contributed by atoms with Gasteiger partial charge in [0.1, 0.15) is 12.7 Å². The zero-order valence-electron chi connectivity index (χ0n) is 12.9. The van der Waals surface area contributed by atoms with Gasteiger partial charge < -0.3 is 9.47 Å². The average Bonchev–Trinajstić information content (AvgIpc) is 3.32. The van der Waals surface area contributed by atoms with Crippen LogP contribution >= 0.6 is 0 Å². The summed E-state index contributed by atoms with van der Waals surface area (Å²) in [5.74, 6) is -36.7. The molecule has 1 fully saturated rings. The van der Waals surface area contributed by atoms with Gasteiger partial charge in [0.2, 0.25) is 0 Å². The van der Waals surface area contributed by atoms with Gasteiger partial charge in [0, 0.05) is 0 Å². The summed E-state index contributed by atoms with van der Waals surface area (Å²) in [6, 6.07) is 0. The van der Waals surface area contributed by atoms with Crippen LogP contribution in [0.3, 0.4) is 0 Å². The van der Waals surface area contributed by atoms with Crippen LogP contribution in [-0.2, 0) is 14.3 Å². The third-order valence-corrected chi connectivity index (χ3v) is 3.45. The summed E-state index contributed by atoms with van der Waals surface area (Å²) in [6.07, 6.45) is -16.7. The first-order chi connectivity index (χ1) is 12.5. The molecule has 2 atom stereocenters. The van der Waals surface area contributed by atoms with Crippen LogP contribution in [0.15, 0.2) is 0 Å². The summed E-state index contributed by atoms with van der Waals surface area (Å²) in [7, 11) is 0. The predicted molar refractivity (Wildman–Crippen MR) is 56.4 cm³/mol. The molecule has 1 rings (SSSR count). The Labute approximate surface area is 148 Å². The highest BCUT2D eigenvalue weighted by molar-refractivity contribution is 5.83. The van der Waals surface area contributed by atoms with Crippen LogP contribution in [0.2, 0.25) is 0 Å². The van der Waals surface area contributed by atoms with Crippen molar-refractivity contribution >= 4 is 5.97 Å². The van der Waals surface area contributed by atoms with E-state index in [2.05, 4.69) is 9.47 Å². The summed E-state index contributed by atoms with van der Waals surface area (Å²) in [5, 5.41) is 0. The lowest BCUT2D eigenvalue weighted by Crippen LogP contribution is -2.76.